The van der Waals surface area contributed by atoms with E-state index in [4.69, 9.17) is 10.5 Å². The van der Waals surface area contributed by atoms with Crippen LogP contribution in [0.3, 0.4) is 0 Å². The second-order valence-electron chi connectivity index (χ2n) is 2.18. The molecule has 0 radical (unpaired) electrons. The zero-order chi connectivity index (χ0) is 5.28. The molecule has 1 saturated heterocycles. The second-order valence-corrected chi connectivity index (χ2v) is 2.18. The Morgan fingerprint density at radius 2 is 2.29 bits per heavy atom. The quantitative estimate of drug-likeness (QED) is 0.465. The molecule has 1 aliphatic heterocycles. The van der Waals surface area contributed by atoms with E-state index in [2.05, 4.69) is 6.92 Å². The van der Waals surface area contributed by atoms with Crippen LogP contribution in [0.25, 0.3) is 0 Å². The number of hydrogen-bond acceptors (Lipinski definition) is 2. The van der Waals surface area contributed by atoms with Crippen LogP contribution in [-0.4, -0.2) is 19.3 Å². The monoisotopic (exact) mass is 101 g/mol. The topological polar surface area (TPSA) is 35.2 Å². The van der Waals surface area contributed by atoms with Gasteiger partial charge in [0.25, 0.3) is 0 Å². The molecule has 42 valence electrons. The van der Waals surface area contributed by atoms with Crippen LogP contribution < -0.4 is 5.73 Å². The summed E-state index contributed by atoms with van der Waals surface area (Å²) in [4.78, 5) is 0. The molecule has 2 nitrogen and oxygen atoms in total. The summed E-state index contributed by atoms with van der Waals surface area (Å²) in [5.74, 6) is 0.569. The summed E-state index contributed by atoms with van der Waals surface area (Å²) in [7, 11) is 0. The molecule has 2 N–H and O–H groups in total. The zero-order valence-electron chi connectivity index (χ0n) is 4.55. The predicted octanol–water partition coefficient (Wildman–Crippen LogP) is -0.0200. The first-order chi connectivity index (χ1) is 3.30. The number of hydrogen-bond donors (Lipinski definition) is 1. The van der Waals surface area contributed by atoms with Crippen LogP contribution in [0.5, 0.6) is 0 Å². The average Bonchev–Trinajstić information content (AvgIpc) is 1.91. The third-order valence-corrected chi connectivity index (χ3v) is 1.42. The Labute approximate surface area is 43.6 Å². The van der Waals surface area contributed by atoms with Gasteiger partial charge in [-0.1, -0.05) is 6.92 Å². The first-order valence-electron chi connectivity index (χ1n) is 2.64. The lowest BCUT2D eigenvalue weighted by Crippen LogP contribution is -2.25. The molecule has 0 saturated carbocycles. The van der Waals surface area contributed by atoms with Crippen molar-refractivity contribution in [1.29, 1.82) is 0 Å². The predicted molar refractivity (Wildman–Crippen MR) is 28.0 cm³/mol. The van der Waals surface area contributed by atoms with Gasteiger partial charge in [0.2, 0.25) is 0 Å². The first kappa shape index (κ1) is 5.06. The van der Waals surface area contributed by atoms with E-state index in [1.807, 2.05) is 0 Å². The normalized spacial score (nSPS) is 42.0. The summed E-state index contributed by atoms with van der Waals surface area (Å²) >= 11 is 0. The molecular formula is C5H11NO. The summed E-state index contributed by atoms with van der Waals surface area (Å²) in [5.41, 5.74) is 5.55. The lowest BCUT2D eigenvalue weighted by atomic mass is 10.1. The van der Waals surface area contributed by atoms with Crippen molar-refractivity contribution < 1.29 is 4.74 Å². The van der Waals surface area contributed by atoms with Crippen LogP contribution in [0.4, 0.5) is 0 Å². The van der Waals surface area contributed by atoms with Gasteiger partial charge in [0, 0.05) is 6.04 Å². The molecule has 1 aliphatic rings. The SMILES string of the molecule is C[C@@H]1COC[C@H]1N. The maximum Gasteiger partial charge on any atom is 0.0621 e. The highest BCUT2D eigenvalue weighted by molar-refractivity contribution is 4.73. The molecule has 0 spiro atoms. The number of nitrogens with two attached hydrogens (primary N) is 1. The average molecular weight is 101 g/mol. The standard InChI is InChI=1S/C5H11NO/c1-4-2-7-3-5(4)6/h4-5H,2-3,6H2,1H3/t4-,5-/m1/s1. The third-order valence-electron chi connectivity index (χ3n) is 1.42. The molecule has 2 atom stereocenters. The van der Waals surface area contributed by atoms with Crippen LogP contribution in [0.1, 0.15) is 6.92 Å². The van der Waals surface area contributed by atoms with Crippen LogP contribution in [0, 0.1) is 5.92 Å². The van der Waals surface area contributed by atoms with Gasteiger partial charge in [-0.3, -0.25) is 0 Å². The highest BCUT2D eigenvalue weighted by atomic mass is 16.5. The Morgan fingerprint density at radius 1 is 1.57 bits per heavy atom. The third kappa shape index (κ3) is 0.924. The van der Waals surface area contributed by atoms with Gasteiger partial charge in [-0.15, -0.1) is 0 Å². The Balaban J connectivity index is 2.33. The Kier molecular flexibility index (Phi) is 1.30. The molecule has 0 aliphatic carbocycles. The smallest absolute Gasteiger partial charge is 0.0621 e. The van der Waals surface area contributed by atoms with E-state index < -0.39 is 0 Å². The van der Waals surface area contributed by atoms with E-state index in [9.17, 15) is 0 Å². The van der Waals surface area contributed by atoms with E-state index in [-0.39, 0.29) is 0 Å². The lowest BCUT2D eigenvalue weighted by Gasteiger charge is -2.02. The Hall–Kier alpha value is -0.0800. The highest BCUT2D eigenvalue weighted by Crippen LogP contribution is 2.08. The molecule has 1 heterocycles. The fraction of sp³-hybridized carbons (Fsp3) is 1.00. The van der Waals surface area contributed by atoms with Crippen LogP contribution in [0.15, 0.2) is 0 Å². The summed E-state index contributed by atoms with van der Waals surface area (Å²) in [6.45, 7) is 3.71. The molecule has 1 fully saturated rings. The van der Waals surface area contributed by atoms with Crippen LogP contribution >= 0.6 is 0 Å². The van der Waals surface area contributed by atoms with E-state index >= 15 is 0 Å². The van der Waals surface area contributed by atoms with Crippen LogP contribution in [0.2, 0.25) is 0 Å². The first-order valence-corrected chi connectivity index (χ1v) is 2.64. The molecule has 7 heavy (non-hydrogen) atoms. The largest absolute Gasteiger partial charge is 0.379 e. The minimum absolute atomic E-state index is 0.292. The summed E-state index contributed by atoms with van der Waals surface area (Å²) < 4.78 is 5.04. The molecular weight excluding hydrogens is 90.1 g/mol. The van der Waals surface area contributed by atoms with Gasteiger partial charge >= 0.3 is 0 Å². The fourth-order valence-corrected chi connectivity index (χ4v) is 0.678. The summed E-state index contributed by atoms with van der Waals surface area (Å²) in [6.07, 6.45) is 0. The molecule has 0 aromatic carbocycles. The van der Waals surface area contributed by atoms with E-state index in [1.54, 1.807) is 0 Å². The molecule has 0 unspecified atom stereocenters. The van der Waals surface area contributed by atoms with E-state index in [0.717, 1.165) is 13.2 Å². The van der Waals surface area contributed by atoms with Crippen LogP contribution in [-0.2, 0) is 4.74 Å². The lowest BCUT2D eigenvalue weighted by molar-refractivity contribution is 0.186. The van der Waals surface area contributed by atoms with Crippen molar-refractivity contribution in [1.82, 2.24) is 0 Å². The van der Waals surface area contributed by atoms with Crippen molar-refractivity contribution in [2.45, 2.75) is 13.0 Å². The van der Waals surface area contributed by atoms with Crippen molar-refractivity contribution in [2.75, 3.05) is 13.2 Å². The maximum atomic E-state index is 5.55. The Morgan fingerprint density at radius 3 is 2.43 bits per heavy atom. The summed E-state index contributed by atoms with van der Waals surface area (Å²) in [5, 5.41) is 0. The molecule has 0 aromatic heterocycles. The van der Waals surface area contributed by atoms with Gasteiger partial charge in [0.1, 0.15) is 0 Å². The molecule has 0 aromatic rings. The summed E-state index contributed by atoms with van der Waals surface area (Å²) in [6, 6.07) is 0.292. The molecule has 2 heteroatoms. The van der Waals surface area contributed by atoms with Gasteiger partial charge in [-0.25, -0.2) is 0 Å². The zero-order valence-corrected chi connectivity index (χ0v) is 4.55. The van der Waals surface area contributed by atoms with Gasteiger partial charge in [0.15, 0.2) is 0 Å². The van der Waals surface area contributed by atoms with Gasteiger partial charge in [0.05, 0.1) is 13.2 Å². The molecule has 1 rings (SSSR count). The van der Waals surface area contributed by atoms with Gasteiger partial charge in [-0.2, -0.15) is 0 Å². The molecule has 0 amide bonds. The van der Waals surface area contributed by atoms with Crippen molar-refractivity contribution in [3.63, 3.8) is 0 Å². The van der Waals surface area contributed by atoms with Gasteiger partial charge < -0.3 is 10.5 Å². The molecule has 0 bridgehead atoms. The maximum absolute atomic E-state index is 5.55. The number of ether oxygens (including phenoxy) is 1. The second kappa shape index (κ2) is 1.80. The number of rotatable bonds is 0. The van der Waals surface area contributed by atoms with Crippen molar-refractivity contribution in [3.05, 3.63) is 0 Å². The van der Waals surface area contributed by atoms with Crippen molar-refractivity contribution >= 4 is 0 Å². The fourth-order valence-electron chi connectivity index (χ4n) is 0.678. The minimum atomic E-state index is 0.292. The van der Waals surface area contributed by atoms with E-state index in [1.165, 1.54) is 0 Å². The minimum Gasteiger partial charge on any atom is -0.379 e. The van der Waals surface area contributed by atoms with Crippen molar-refractivity contribution in [3.8, 4) is 0 Å². The highest BCUT2D eigenvalue weighted by Gasteiger charge is 2.18. The van der Waals surface area contributed by atoms with E-state index in [0.29, 0.717) is 12.0 Å². The Bertz CT molecular complexity index is 57.1. The van der Waals surface area contributed by atoms with Crippen molar-refractivity contribution in [2.24, 2.45) is 11.7 Å². The van der Waals surface area contributed by atoms with Gasteiger partial charge in [-0.05, 0) is 5.92 Å².